The maximum atomic E-state index is 6.13. The van der Waals surface area contributed by atoms with Gasteiger partial charge in [0, 0.05) is 29.6 Å². The first-order valence-electron chi connectivity index (χ1n) is 10.3. The summed E-state index contributed by atoms with van der Waals surface area (Å²) in [5, 5.41) is 4.97. The maximum Gasteiger partial charge on any atom is 0.122 e. The number of halogens is 1. The van der Waals surface area contributed by atoms with Gasteiger partial charge in [0.25, 0.3) is 0 Å². The zero-order valence-corrected chi connectivity index (χ0v) is 17.7. The van der Waals surface area contributed by atoms with Gasteiger partial charge in [-0.1, -0.05) is 44.2 Å². The van der Waals surface area contributed by atoms with Gasteiger partial charge in [-0.15, -0.1) is 12.4 Å². The lowest BCUT2D eigenvalue weighted by atomic mass is 9.99. The minimum atomic E-state index is 0. The number of hydrogen-bond donors (Lipinski definition) is 2. The minimum Gasteiger partial charge on any atom is -0.493 e. The third kappa shape index (κ3) is 4.37. The summed E-state index contributed by atoms with van der Waals surface area (Å²) in [7, 11) is 0. The van der Waals surface area contributed by atoms with Crippen LogP contribution in [0.15, 0.2) is 42.5 Å². The number of ether oxygens (including phenoxy) is 1. The lowest BCUT2D eigenvalue weighted by Crippen LogP contribution is -2.16. The molecule has 1 aliphatic heterocycles. The van der Waals surface area contributed by atoms with Crippen molar-refractivity contribution in [3.8, 4) is 5.75 Å². The Morgan fingerprint density at radius 3 is 2.68 bits per heavy atom. The summed E-state index contributed by atoms with van der Waals surface area (Å²) in [6, 6.07) is 15.1. The largest absolute Gasteiger partial charge is 0.493 e. The molecule has 1 aromatic heterocycles. The number of aromatic amines is 1. The Bertz CT molecular complexity index is 916. The number of hydrogen-bond acceptors (Lipinski definition) is 2. The van der Waals surface area contributed by atoms with E-state index in [1.54, 1.807) is 0 Å². The van der Waals surface area contributed by atoms with Gasteiger partial charge in [0.1, 0.15) is 5.75 Å². The lowest BCUT2D eigenvalue weighted by molar-refractivity contribution is 0.307. The predicted molar refractivity (Wildman–Crippen MR) is 120 cm³/mol. The van der Waals surface area contributed by atoms with E-state index in [1.807, 2.05) is 0 Å². The Morgan fingerprint density at radius 1 is 1.00 bits per heavy atom. The van der Waals surface area contributed by atoms with Crippen LogP contribution in [-0.2, 0) is 19.3 Å². The molecule has 150 valence electrons. The summed E-state index contributed by atoms with van der Waals surface area (Å²) in [5.74, 6) is 1.52. The predicted octanol–water partition coefficient (Wildman–Crippen LogP) is 5.41. The van der Waals surface area contributed by atoms with Crippen LogP contribution >= 0.6 is 12.4 Å². The molecule has 0 bridgehead atoms. The van der Waals surface area contributed by atoms with Gasteiger partial charge in [0.05, 0.1) is 6.61 Å². The molecule has 0 fully saturated rings. The van der Waals surface area contributed by atoms with Crippen molar-refractivity contribution in [1.29, 1.82) is 0 Å². The lowest BCUT2D eigenvalue weighted by Gasteiger charge is -2.14. The van der Waals surface area contributed by atoms with Crippen molar-refractivity contribution >= 4 is 23.3 Å². The van der Waals surface area contributed by atoms with Crippen LogP contribution in [0, 0.1) is 0 Å². The van der Waals surface area contributed by atoms with Crippen molar-refractivity contribution in [3.63, 3.8) is 0 Å². The van der Waals surface area contributed by atoms with Crippen molar-refractivity contribution in [3.05, 3.63) is 64.8 Å². The zero-order chi connectivity index (χ0) is 18.6. The fourth-order valence-corrected chi connectivity index (χ4v) is 4.23. The number of benzene rings is 2. The Morgan fingerprint density at radius 2 is 1.82 bits per heavy atom. The molecule has 0 unspecified atom stereocenters. The Labute approximate surface area is 174 Å². The van der Waals surface area contributed by atoms with E-state index >= 15 is 0 Å². The first kappa shape index (κ1) is 20.8. The highest BCUT2D eigenvalue weighted by Gasteiger charge is 2.16. The van der Waals surface area contributed by atoms with Crippen LogP contribution in [-0.4, -0.2) is 24.7 Å². The fourth-order valence-electron chi connectivity index (χ4n) is 4.23. The topological polar surface area (TPSA) is 37.0 Å². The molecule has 0 atom stereocenters. The summed E-state index contributed by atoms with van der Waals surface area (Å²) < 4.78 is 6.13. The smallest absolute Gasteiger partial charge is 0.122 e. The van der Waals surface area contributed by atoms with Gasteiger partial charge < -0.3 is 15.0 Å². The van der Waals surface area contributed by atoms with Crippen LogP contribution in [0.3, 0.4) is 0 Å². The highest BCUT2D eigenvalue weighted by atomic mass is 35.5. The van der Waals surface area contributed by atoms with Gasteiger partial charge in [-0.2, -0.15) is 0 Å². The number of H-pyrrole nitrogens is 1. The first-order chi connectivity index (χ1) is 13.2. The summed E-state index contributed by atoms with van der Waals surface area (Å²) in [4.78, 5) is 3.66. The highest BCUT2D eigenvalue weighted by molar-refractivity contribution is 5.88. The van der Waals surface area contributed by atoms with E-state index in [4.69, 9.17) is 4.74 Å². The number of aryl methyl sites for hydroxylation is 1. The molecule has 0 spiro atoms. The number of fused-ring (bicyclic) bond motifs is 3. The van der Waals surface area contributed by atoms with Crippen LogP contribution in [0.4, 0.5) is 0 Å². The second-order valence-corrected chi connectivity index (χ2v) is 7.82. The minimum absolute atomic E-state index is 0. The fraction of sp³-hybridized carbons (Fsp3) is 0.417. The van der Waals surface area contributed by atoms with E-state index in [0.717, 1.165) is 51.1 Å². The molecule has 1 aliphatic rings. The molecule has 4 rings (SSSR count). The van der Waals surface area contributed by atoms with Gasteiger partial charge in [0.2, 0.25) is 0 Å². The van der Waals surface area contributed by atoms with E-state index in [0.29, 0.717) is 5.92 Å². The number of rotatable bonds is 6. The quantitative estimate of drug-likeness (QED) is 0.544. The Kier molecular flexibility index (Phi) is 7.03. The molecule has 2 aromatic carbocycles. The van der Waals surface area contributed by atoms with Crippen molar-refractivity contribution in [2.24, 2.45) is 0 Å². The molecule has 4 heteroatoms. The molecule has 3 aromatic rings. The van der Waals surface area contributed by atoms with Crippen LogP contribution in [0.25, 0.3) is 10.9 Å². The summed E-state index contributed by atoms with van der Waals surface area (Å²) in [6.45, 7) is 7.33. The second kappa shape index (κ2) is 9.49. The van der Waals surface area contributed by atoms with Gasteiger partial charge in [-0.25, -0.2) is 0 Å². The average Bonchev–Trinajstić information content (AvgIpc) is 2.87. The zero-order valence-electron chi connectivity index (χ0n) is 16.9. The molecule has 0 saturated heterocycles. The summed E-state index contributed by atoms with van der Waals surface area (Å²) in [6.07, 6.45) is 4.30. The van der Waals surface area contributed by atoms with E-state index in [9.17, 15) is 0 Å². The molecule has 3 nitrogen and oxygen atoms in total. The summed E-state index contributed by atoms with van der Waals surface area (Å²) in [5.41, 5.74) is 6.99. The Balaban J connectivity index is 0.00000225. The average molecular weight is 399 g/mol. The van der Waals surface area contributed by atoms with Crippen molar-refractivity contribution in [1.82, 2.24) is 10.3 Å². The normalized spacial score (nSPS) is 13.8. The van der Waals surface area contributed by atoms with Gasteiger partial charge in [-0.05, 0) is 60.5 Å². The third-order valence-corrected chi connectivity index (χ3v) is 5.59. The van der Waals surface area contributed by atoms with Gasteiger partial charge >= 0.3 is 0 Å². The van der Waals surface area contributed by atoms with E-state index in [-0.39, 0.29) is 12.4 Å². The van der Waals surface area contributed by atoms with Crippen LogP contribution in [0.5, 0.6) is 5.75 Å². The summed E-state index contributed by atoms with van der Waals surface area (Å²) >= 11 is 0. The third-order valence-electron chi connectivity index (χ3n) is 5.59. The van der Waals surface area contributed by atoms with E-state index < -0.39 is 0 Å². The molecule has 2 N–H and O–H groups in total. The number of nitrogens with one attached hydrogen (secondary N) is 2. The maximum absolute atomic E-state index is 6.13. The van der Waals surface area contributed by atoms with Crippen LogP contribution in [0.1, 0.15) is 48.6 Å². The van der Waals surface area contributed by atoms with Gasteiger partial charge in [0.15, 0.2) is 0 Å². The van der Waals surface area contributed by atoms with Crippen LogP contribution < -0.4 is 10.1 Å². The molecular weight excluding hydrogens is 368 g/mol. The number of para-hydroxylation sites is 1. The molecular formula is C24H31ClN2O. The number of aromatic nitrogens is 1. The van der Waals surface area contributed by atoms with E-state index in [2.05, 4.69) is 66.6 Å². The molecule has 28 heavy (non-hydrogen) atoms. The monoisotopic (exact) mass is 398 g/mol. The first-order valence-corrected chi connectivity index (χ1v) is 10.3. The van der Waals surface area contributed by atoms with Crippen molar-refractivity contribution in [2.75, 3.05) is 19.7 Å². The molecule has 0 aliphatic carbocycles. The molecule has 0 saturated carbocycles. The highest BCUT2D eigenvalue weighted by Crippen LogP contribution is 2.29. The molecule has 0 radical (unpaired) electrons. The Hall–Kier alpha value is -1.97. The van der Waals surface area contributed by atoms with Crippen molar-refractivity contribution < 1.29 is 4.74 Å². The standard InChI is InChI=1S/C24H30N2O.ClH/c1-17(2)19-9-3-4-11-23(19)27-16-6-8-18-7-5-10-22-24(18)20-12-14-25-15-13-21(20)26-22;/h3-5,7,9-11,17,25-26H,6,8,12-16H2,1-2H3;1H. The van der Waals surface area contributed by atoms with Gasteiger partial charge in [-0.3, -0.25) is 0 Å². The van der Waals surface area contributed by atoms with Crippen molar-refractivity contribution in [2.45, 2.75) is 45.4 Å². The SMILES string of the molecule is CC(C)c1ccccc1OCCCc1cccc2[nH]c3c(c12)CCNCC3.Cl. The van der Waals surface area contributed by atoms with E-state index in [1.165, 1.54) is 33.3 Å². The second-order valence-electron chi connectivity index (χ2n) is 7.82. The molecule has 0 amide bonds. The van der Waals surface area contributed by atoms with Crippen LogP contribution in [0.2, 0.25) is 0 Å². The molecule has 2 heterocycles.